The Morgan fingerprint density at radius 3 is 2.22 bits per heavy atom. The molecule has 0 radical (unpaired) electrons. The van der Waals surface area contributed by atoms with Crippen LogP contribution in [0.25, 0.3) is 6.08 Å². The largest absolute Gasteiger partial charge is 0.486 e. The van der Waals surface area contributed by atoms with Gasteiger partial charge in [-0.15, -0.1) is 0 Å². The summed E-state index contributed by atoms with van der Waals surface area (Å²) < 4.78 is 6.77. The molecule has 4 amide bonds. The van der Waals surface area contributed by atoms with Crippen LogP contribution in [0.2, 0.25) is 0 Å². The van der Waals surface area contributed by atoms with Crippen LogP contribution in [0.5, 0.6) is 5.75 Å². The van der Waals surface area contributed by atoms with E-state index < -0.39 is 17.8 Å². The van der Waals surface area contributed by atoms with Crippen molar-refractivity contribution in [2.45, 2.75) is 13.0 Å². The zero-order chi connectivity index (χ0) is 22.7. The lowest BCUT2D eigenvalue weighted by atomic mass is 10.1. The molecule has 1 N–H and O–H groups in total. The van der Waals surface area contributed by atoms with E-state index in [1.54, 1.807) is 48.5 Å². The van der Waals surface area contributed by atoms with Gasteiger partial charge >= 0.3 is 6.03 Å². The van der Waals surface area contributed by atoms with E-state index in [2.05, 4.69) is 21.2 Å². The molecule has 0 aromatic heterocycles. The molecule has 7 heteroatoms. The molecule has 1 saturated heterocycles. The maximum atomic E-state index is 12.9. The molecule has 32 heavy (non-hydrogen) atoms. The van der Waals surface area contributed by atoms with E-state index in [0.717, 1.165) is 14.9 Å². The molecule has 3 aromatic rings. The summed E-state index contributed by atoms with van der Waals surface area (Å²) in [7, 11) is 0. The van der Waals surface area contributed by atoms with Crippen molar-refractivity contribution in [3.05, 3.63) is 100 Å². The molecule has 1 heterocycles. The van der Waals surface area contributed by atoms with E-state index >= 15 is 0 Å². The fourth-order valence-corrected chi connectivity index (χ4v) is 3.55. The van der Waals surface area contributed by atoms with Gasteiger partial charge in [0.1, 0.15) is 17.4 Å². The number of imide groups is 2. The molecule has 0 spiro atoms. The third-order valence-corrected chi connectivity index (χ3v) is 5.49. The number of anilines is 1. The highest BCUT2D eigenvalue weighted by Crippen LogP contribution is 2.25. The van der Waals surface area contributed by atoms with E-state index in [1.807, 2.05) is 37.3 Å². The number of benzene rings is 3. The number of hydrogen-bond donors (Lipinski definition) is 1. The van der Waals surface area contributed by atoms with E-state index in [-0.39, 0.29) is 11.7 Å². The maximum absolute atomic E-state index is 12.9. The van der Waals surface area contributed by atoms with Crippen molar-refractivity contribution in [3.8, 4) is 5.75 Å². The van der Waals surface area contributed by atoms with Gasteiger partial charge in [-0.05, 0) is 60.5 Å². The highest BCUT2D eigenvalue weighted by Gasteiger charge is 2.36. The lowest BCUT2D eigenvalue weighted by Gasteiger charge is -2.26. The first kappa shape index (κ1) is 21.5. The number of barbiturate groups is 1. The van der Waals surface area contributed by atoms with Crippen LogP contribution >= 0.6 is 15.9 Å². The molecule has 1 unspecified atom stereocenters. The molecule has 3 aromatic carbocycles. The fourth-order valence-electron chi connectivity index (χ4n) is 3.29. The SMILES string of the molecule is CC(Oc1ccc(C=C2C(=O)NC(=O)N(c3ccc(Br)cc3)C2=O)cc1)c1ccccc1. The Hall–Kier alpha value is -3.71. The minimum atomic E-state index is -0.780. The average Bonchev–Trinajstić information content (AvgIpc) is 2.79. The number of carbonyl (C=O) groups excluding carboxylic acids is 3. The number of ether oxygens (including phenoxy) is 1. The molecule has 0 aliphatic carbocycles. The molecular formula is C25H19BrN2O4. The number of rotatable bonds is 5. The van der Waals surface area contributed by atoms with Gasteiger partial charge in [-0.3, -0.25) is 14.9 Å². The van der Waals surface area contributed by atoms with Crippen molar-refractivity contribution >= 4 is 45.5 Å². The van der Waals surface area contributed by atoms with Crippen molar-refractivity contribution in [1.29, 1.82) is 0 Å². The van der Waals surface area contributed by atoms with Gasteiger partial charge in [0.05, 0.1) is 5.69 Å². The van der Waals surface area contributed by atoms with Crippen LogP contribution in [0, 0.1) is 0 Å². The first-order chi connectivity index (χ1) is 15.4. The summed E-state index contributed by atoms with van der Waals surface area (Å²) >= 11 is 3.32. The lowest BCUT2D eigenvalue weighted by molar-refractivity contribution is -0.122. The minimum absolute atomic E-state index is 0.126. The number of nitrogens with one attached hydrogen (secondary N) is 1. The molecule has 0 saturated carbocycles. The summed E-state index contributed by atoms with van der Waals surface area (Å²) in [5.74, 6) is -0.750. The Morgan fingerprint density at radius 1 is 0.906 bits per heavy atom. The van der Waals surface area contributed by atoms with Crippen molar-refractivity contribution in [3.63, 3.8) is 0 Å². The van der Waals surface area contributed by atoms with Gasteiger partial charge in [-0.25, -0.2) is 9.69 Å². The number of hydrogen-bond acceptors (Lipinski definition) is 4. The third-order valence-electron chi connectivity index (χ3n) is 4.96. The van der Waals surface area contributed by atoms with Crippen molar-refractivity contribution < 1.29 is 19.1 Å². The monoisotopic (exact) mass is 490 g/mol. The molecule has 1 aliphatic rings. The minimum Gasteiger partial charge on any atom is -0.486 e. The van der Waals surface area contributed by atoms with Crippen LogP contribution in [0.15, 0.2) is 88.9 Å². The fraction of sp³-hybridized carbons (Fsp3) is 0.0800. The summed E-state index contributed by atoms with van der Waals surface area (Å²) in [5.41, 5.74) is 1.93. The highest BCUT2D eigenvalue weighted by atomic mass is 79.9. The molecule has 1 atom stereocenters. The van der Waals surface area contributed by atoms with Gasteiger partial charge in [-0.1, -0.05) is 58.4 Å². The topological polar surface area (TPSA) is 75.7 Å². The molecular weight excluding hydrogens is 472 g/mol. The second-order valence-electron chi connectivity index (χ2n) is 7.17. The zero-order valence-electron chi connectivity index (χ0n) is 17.1. The van der Waals surface area contributed by atoms with Crippen LogP contribution < -0.4 is 15.0 Å². The Morgan fingerprint density at radius 2 is 1.56 bits per heavy atom. The molecule has 1 fully saturated rings. The number of amides is 4. The Balaban J connectivity index is 1.54. The molecule has 160 valence electrons. The second kappa shape index (κ2) is 9.20. The standard InChI is InChI=1S/C25H19BrN2O4/c1-16(18-5-3-2-4-6-18)32-21-13-7-17(8-14-21)15-22-23(29)27-25(31)28(24(22)30)20-11-9-19(26)10-12-20/h2-16H,1H3,(H,27,29,31). The average molecular weight is 491 g/mol. The number of urea groups is 1. The summed E-state index contributed by atoms with van der Waals surface area (Å²) in [5, 5.41) is 2.22. The van der Waals surface area contributed by atoms with Crippen LogP contribution in [0.3, 0.4) is 0 Å². The summed E-state index contributed by atoms with van der Waals surface area (Å²) in [6.07, 6.45) is 1.33. The van der Waals surface area contributed by atoms with Crippen molar-refractivity contribution in [1.82, 2.24) is 5.32 Å². The maximum Gasteiger partial charge on any atom is 0.335 e. The molecule has 6 nitrogen and oxygen atoms in total. The smallest absolute Gasteiger partial charge is 0.335 e. The van der Waals surface area contributed by atoms with Crippen molar-refractivity contribution in [2.24, 2.45) is 0 Å². The van der Waals surface area contributed by atoms with E-state index in [1.165, 1.54) is 6.08 Å². The van der Waals surface area contributed by atoms with Gasteiger partial charge in [0, 0.05) is 4.47 Å². The summed E-state index contributed by atoms with van der Waals surface area (Å²) in [6.45, 7) is 1.96. The second-order valence-corrected chi connectivity index (χ2v) is 8.09. The number of halogens is 1. The Labute approximate surface area is 193 Å². The molecule has 0 bridgehead atoms. The van der Waals surface area contributed by atoms with Crippen LogP contribution in [0.4, 0.5) is 10.5 Å². The number of carbonyl (C=O) groups is 3. The first-order valence-corrected chi connectivity index (χ1v) is 10.7. The van der Waals surface area contributed by atoms with Gasteiger partial charge in [0.15, 0.2) is 0 Å². The van der Waals surface area contributed by atoms with E-state index in [9.17, 15) is 14.4 Å². The van der Waals surface area contributed by atoms with Gasteiger partial charge in [-0.2, -0.15) is 0 Å². The lowest BCUT2D eigenvalue weighted by Crippen LogP contribution is -2.54. The van der Waals surface area contributed by atoms with Crippen LogP contribution in [-0.4, -0.2) is 17.8 Å². The highest BCUT2D eigenvalue weighted by molar-refractivity contribution is 9.10. The predicted molar refractivity (Wildman–Crippen MR) is 125 cm³/mol. The Kier molecular flexibility index (Phi) is 6.18. The third kappa shape index (κ3) is 4.63. The Bertz CT molecular complexity index is 1190. The normalized spacial score (nSPS) is 16.1. The first-order valence-electron chi connectivity index (χ1n) is 9.91. The van der Waals surface area contributed by atoms with Crippen LogP contribution in [-0.2, 0) is 9.59 Å². The van der Waals surface area contributed by atoms with Gasteiger partial charge in [0.2, 0.25) is 0 Å². The van der Waals surface area contributed by atoms with E-state index in [0.29, 0.717) is 17.0 Å². The quantitative estimate of drug-likeness (QED) is 0.391. The number of nitrogens with zero attached hydrogens (tertiary/aromatic N) is 1. The van der Waals surface area contributed by atoms with Gasteiger partial charge in [0.25, 0.3) is 11.8 Å². The molecule has 4 rings (SSSR count). The summed E-state index contributed by atoms with van der Waals surface area (Å²) in [6, 6.07) is 22.8. The van der Waals surface area contributed by atoms with E-state index in [4.69, 9.17) is 4.74 Å². The van der Waals surface area contributed by atoms with Crippen molar-refractivity contribution in [2.75, 3.05) is 4.90 Å². The van der Waals surface area contributed by atoms with Crippen LogP contribution in [0.1, 0.15) is 24.2 Å². The summed E-state index contributed by atoms with van der Waals surface area (Å²) in [4.78, 5) is 38.5. The predicted octanol–water partition coefficient (Wildman–Crippen LogP) is 5.26. The zero-order valence-corrected chi connectivity index (χ0v) is 18.7. The van der Waals surface area contributed by atoms with Gasteiger partial charge < -0.3 is 4.74 Å². The molecule has 1 aliphatic heterocycles.